The Bertz CT molecular complexity index is 1530. The van der Waals surface area contributed by atoms with Crippen molar-refractivity contribution in [2.75, 3.05) is 18.5 Å². The van der Waals surface area contributed by atoms with Crippen LogP contribution in [0.15, 0.2) is 46.8 Å². The van der Waals surface area contributed by atoms with Crippen LogP contribution in [0.1, 0.15) is 23.8 Å². The minimum Gasteiger partial charge on any atom is -0.382 e. The number of aromatic amines is 1. The quantitative estimate of drug-likeness (QED) is 0.331. The normalized spacial score (nSPS) is 11.5. The lowest BCUT2D eigenvalue weighted by molar-refractivity contribution is 0.102. The molecule has 0 bridgehead atoms. The number of anilines is 1. The maximum atomic E-state index is 13.0. The summed E-state index contributed by atoms with van der Waals surface area (Å²) in [5, 5.41) is 5.39. The van der Waals surface area contributed by atoms with Gasteiger partial charge in [0.15, 0.2) is 0 Å². The van der Waals surface area contributed by atoms with Crippen LogP contribution < -0.4 is 11.0 Å². The van der Waals surface area contributed by atoms with Crippen molar-refractivity contribution in [3.63, 3.8) is 0 Å². The zero-order chi connectivity index (χ0) is 23.7. The Morgan fingerprint density at radius 2 is 2.03 bits per heavy atom. The summed E-state index contributed by atoms with van der Waals surface area (Å²) in [7, 11) is 1.72. The molecule has 0 aliphatic carbocycles. The fourth-order valence-electron chi connectivity index (χ4n) is 3.81. The van der Waals surface area contributed by atoms with Crippen molar-refractivity contribution in [3.8, 4) is 10.6 Å². The SMILES string of the molecule is CCOCCCn1c(NC(=O)c2csc(-c3ccncc3)n2)nc2cc3[nH]c(=O)n(C)c3cc21. The minimum absolute atomic E-state index is 0.187. The van der Waals surface area contributed by atoms with Gasteiger partial charge >= 0.3 is 5.69 Å². The third kappa shape index (κ3) is 4.11. The number of amides is 1. The molecule has 0 aliphatic heterocycles. The van der Waals surface area contributed by atoms with Crippen LogP contribution in [0.3, 0.4) is 0 Å². The Balaban J connectivity index is 1.48. The zero-order valence-electron chi connectivity index (χ0n) is 18.7. The monoisotopic (exact) mass is 477 g/mol. The van der Waals surface area contributed by atoms with E-state index < -0.39 is 0 Å². The van der Waals surface area contributed by atoms with Crippen molar-refractivity contribution < 1.29 is 9.53 Å². The van der Waals surface area contributed by atoms with Gasteiger partial charge in [0.05, 0.1) is 22.1 Å². The summed E-state index contributed by atoms with van der Waals surface area (Å²) in [4.78, 5) is 41.1. The van der Waals surface area contributed by atoms with Crippen LogP contribution in [-0.4, -0.2) is 48.2 Å². The van der Waals surface area contributed by atoms with E-state index in [1.54, 1.807) is 29.4 Å². The number of carbonyl (C=O) groups is 1. The molecule has 1 aromatic carbocycles. The molecule has 174 valence electrons. The predicted octanol–water partition coefficient (Wildman–Crippen LogP) is 3.41. The molecule has 0 saturated heterocycles. The second kappa shape index (κ2) is 9.20. The van der Waals surface area contributed by atoms with Crippen molar-refractivity contribution in [2.24, 2.45) is 7.05 Å². The Morgan fingerprint density at radius 3 is 2.82 bits per heavy atom. The minimum atomic E-state index is -0.337. The second-order valence-electron chi connectivity index (χ2n) is 7.71. The number of nitrogens with zero attached hydrogens (tertiary/aromatic N) is 5. The highest BCUT2D eigenvalue weighted by atomic mass is 32.1. The van der Waals surface area contributed by atoms with E-state index in [1.807, 2.05) is 35.8 Å². The summed E-state index contributed by atoms with van der Waals surface area (Å²) in [6.07, 6.45) is 4.13. The van der Waals surface area contributed by atoms with Gasteiger partial charge in [-0.15, -0.1) is 11.3 Å². The molecule has 5 rings (SSSR count). The van der Waals surface area contributed by atoms with Gasteiger partial charge < -0.3 is 14.3 Å². The number of H-pyrrole nitrogens is 1. The third-order valence-electron chi connectivity index (χ3n) is 5.54. The van der Waals surface area contributed by atoms with Gasteiger partial charge in [-0.3, -0.25) is 19.7 Å². The van der Waals surface area contributed by atoms with Crippen LogP contribution in [0.5, 0.6) is 0 Å². The first-order valence-corrected chi connectivity index (χ1v) is 11.8. The number of imidazole rings is 2. The number of aromatic nitrogens is 6. The summed E-state index contributed by atoms with van der Waals surface area (Å²) in [5.74, 6) is 0.0866. The zero-order valence-corrected chi connectivity index (χ0v) is 19.6. The number of pyridine rings is 1. The molecule has 1 amide bonds. The smallest absolute Gasteiger partial charge is 0.326 e. The van der Waals surface area contributed by atoms with Gasteiger partial charge in [0.1, 0.15) is 10.7 Å². The van der Waals surface area contributed by atoms with E-state index in [2.05, 4.69) is 25.3 Å². The first-order chi connectivity index (χ1) is 16.5. The van der Waals surface area contributed by atoms with E-state index >= 15 is 0 Å². The Labute approximate surface area is 198 Å². The van der Waals surface area contributed by atoms with Crippen molar-refractivity contribution in [3.05, 3.63) is 58.2 Å². The molecular weight excluding hydrogens is 454 g/mol. The van der Waals surface area contributed by atoms with Gasteiger partial charge in [0.2, 0.25) is 5.95 Å². The summed E-state index contributed by atoms with van der Waals surface area (Å²) in [6, 6.07) is 7.45. The van der Waals surface area contributed by atoms with Crippen LogP contribution in [-0.2, 0) is 18.3 Å². The molecule has 2 N–H and O–H groups in total. The van der Waals surface area contributed by atoms with Gasteiger partial charge in [-0.1, -0.05) is 0 Å². The maximum absolute atomic E-state index is 13.0. The van der Waals surface area contributed by atoms with Crippen LogP contribution >= 0.6 is 11.3 Å². The molecular formula is C23H23N7O3S. The van der Waals surface area contributed by atoms with E-state index in [-0.39, 0.29) is 11.6 Å². The van der Waals surface area contributed by atoms with Crippen LogP contribution in [0.2, 0.25) is 0 Å². The molecule has 0 atom stereocenters. The number of benzene rings is 1. The molecule has 0 unspecified atom stereocenters. The number of hydrogen-bond acceptors (Lipinski definition) is 7. The number of fused-ring (bicyclic) bond motifs is 2. The molecule has 10 nitrogen and oxygen atoms in total. The van der Waals surface area contributed by atoms with Crippen LogP contribution in [0.25, 0.3) is 32.6 Å². The van der Waals surface area contributed by atoms with Crippen molar-refractivity contribution >= 4 is 45.3 Å². The molecule has 5 aromatic rings. The molecule has 4 aromatic heterocycles. The van der Waals surface area contributed by atoms with Gasteiger partial charge in [-0.05, 0) is 37.6 Å². The first-order valence-electron chi connectivity index (χ1n) is 10.9. The summed E-state index contributed by atoms with van der Waals surface area (Å²) in [6.45, 7) is 3.78. The van der Waals surface area contributed by atoms with Gasteiger partial charge in [-0.25, -0.2) is 14.8 Å². The molecule has 0 radical (unpaired) electrons. The van der Waals surface area contributed by atoms with E-state index in [4.69, 9.17) is 4.74 Å². The molecule has 0 fully saturated rings. The Hall–Kier alpha value is -3.83. The van der Waals surface area contributed by atoms with E-state index in [9.17, 15) is 9.59 Å². The van der Waals surface area contributed by atoms with E-state index in [0.29, 0.717) is 42.4 Å². The number of ether oxygens (including phenoxy) is 1. The number of thiazole rings is 1. The summed E-state index contributed by atoms with van der Waals surface area (Å²) >= 11 is 1.40. The molecule has 0 aliphatic rings. The van der Waals surface area contributed by atoms with Crippen LogP contribution in [0.4, 0.5) is 5.95 Å². The lowest BCUT2D eigenvalue weighted by Crippen LogP contribution is -2.17. The van der Waals surface area contributed by atoms with Crippen molar-refractivity contribution in [2.45, 2.75) is 19.9 Å². The number of aryl methyl sites for hydroxylation is 2. The van der Waals surface area contributed by atoms with Gasteiger partial charge in [-0.2, -0.15) is 0 Å². The number of hydrogen-bond donors (Lipinski definition) is 2. The number of carbonyl (C=O) groups excluding carboxylic acids is 1. The predicted molar refractivity (Wildman–Crippen MR) is 131 cm³/mol. The van der Waals surface area contributed by atoms with E-state index in [1.165, 1.54) is 11.3 Å². The fourth-order valence-corrected chi connectivity index (χ4v) is 4.61. The molecule has 11 heteroatoms. The highest BCUT2D eigenvalue weighted by Gasteiger charge is 2.18. The standard InChI is InChI=1S/C23H23N7O3S/c1-3-33-10-4-9-30-19-12-18-15(27-23(32)29(18)2)11-16(19)26-22(30)28-20(31)17-13-34-21(25-17)14-5-7-24-8-6-14/h5-8,11-13H,3-4,9-10H2,1-2H3,(H,27,32)(H,26,28,31). The molecule has 0 spiro atoms. The average Bonchev–Trinajstić information content (AvgIpc) is 3.53. The topological polar surface area (TPSA) is 120 Å². The largest absolute Gasteiger partial charge is 0.382 e. The maximum Gasteiger partial charge on any atom is 0.326 e. The van der Waals surface area contributed by atoms with Crippen molar-refractivity contribution in [1.29, 1.82) is 0 Å². The molecule has 34 heavy (non-hydrogen) atoms. The number of rotatable bonds is 8. The first kappa shape index (κ1) is 22.0. The van der Waals surface area contributed by atoms with Gasteiger partial charge in [0, 0.05) is 50.1 Å². The van der Waals surface area contributed by atoms with Gasteiger partial charge in [0.25, 0.3) is 5.91 Å². The fraction of sp³-hybridized carbons (Fsp3) is 0.261. The second-order valence-corrected chi connectivity index (χ2v) is 8.57. The molecule has 4 heterocycles. The average molecular weight is 478 g/mol. The highest BCUT2D eigenvalue weighted by Crippen LogP contribution is 2.26. The summed E-state index contributed by atoms with van der Waals surface area (Å²) < 4.78 is 8.99. The summed E-state index contributed by atoms with van der Waals surface area (Å²) in [5.41, 5.74) is 4.00. The lowest BCUT2D eigenvalue weighted by atomic mass is 10.2. The third-order valence-corrected chi connectivity index (χ3v) is 6.43. The number of nitrogens with one attached hydrogen (secondary N) is 2. The lowest BCUT2D eigenvalue weighted by Gasteiger charge is -2.10. The Morgan fingerprint density at radius 1 is 1.21 bits per heavy atom. The van der Waals surface area contributed by atoms with Crippen LogP contribution in [0, 0.1) is 0 Å². The Kier molecular flexibility index (Phi) is 5.95. The highest BCUT2D eigenvalue weighted by molar-refractivity contribution is 7.13. The molecule has 0 saturated carbocycles. The van der Waals surface area contributed by atoms with E-state index in [0.717, 1.165) is 28.0 Å². The van der Waals surface area contributed by atoms with Crippen molar-refractivity contribution in [1.82, 2.24) is 29.1 Å².